The van der Waals surface area contributed by atoms with E-state index in [1.165, 1.54) is 0 Å². The Morgan fingerprint density at radius 3 is 2.65 bits per heavy atom. The van der Waals surface area contributed by atoms with Gasteiger partial charge in [0.05, 0.1) is 16.1 Å². The second kappa shape index (κ2) is 6.87. The van der Waals surface area contributed by atoms with E-state index in [1.54, 1.807) is 12.1 Å². The van der Waals surface area contributed by atoms with Crippen LogP contribution in [-0.2, 0) is 4.79 Å². The summed E-state index contributed by atoms with van der Waals surface area (Å²) < 4.78 is 0. The summed E-state index contributed by atoms with van der Waals surface area (Å²) in [6.07, 6.45) is 2.51. The van der Waals surface area contributed by atoms with Gasteiger partial charge in [-0.25, -0.2) is 0 Å². The van der Waals surface area contributed by atoms with Crippen molar-refractivity contribution in [1.82, 2.24) is 5.32 Å². The molecule has 0 saturated heterocycles. The predicted molar refractivity (Wildman–Crippen MR) is 72.5 cm³/mol. The molecule has 0 aliphatic carbocycles. The largest absolute Gasteiger partial charge is 0.350 e. The Morgan fingerprint density at radius 1 is 1.35 bits per heavy atom. The molecule has 4 heteroatoms. The quantitative estimate of drug-likeness (QED) is 0.849. The maximum absolute atomic E-state index is 11.6. The number of hydrogen-bond acceptors (Lipinski definition) is 1. The number of unbranched alkanes of at least 4 members (excludes halogenated alkanes) is 1. The summed E-state index contributed by atoms with van der Waals surface area (Å²) >= 11 is 11.8. The highest BCUT2D eigenvalue weighted by molar-refractivity contribution is 6.42. The number of nitrogens with one attached hydrogen (secondary N) is 1. The molecule has 0 heterocycles. The van der Waals surface area contributed by atoms with Crippen LogP contribution in [0, 0.1) is 0 Å². The van der Waals surface area contributed by atoms with Crippen molar-refractivity contribution in [2.75, 3.05) is 0 Å². The molecular weight excluding hydrogens is 257 g/mol. The minimum Gasteiger partial charge on any atom is -0.350 e. The van der Waals surface area contributed by atoms with Crippen molar-refractivity contribution in [2.45, 2.75) is 39.2 Å². The molecule has 1 unspecified atom stereocenters. The first-order valence-electron chi connectivity index (χ1n) is 5.79. The number of halogens is 2. The lowest BCUT2D eigenvalue weighted by Crippen LogP contribution is -2.26. The lowest BCUT2D eigenvalue weighted by Gasteiger charge is -2.14. The van der Waals surface area contributed by atoms with E-state index in [4.69, 9.17) is 23.2 Å². The third kappa shape index (κ3) is 4.57. The van der Waals surface area contributed by atoms with Crippen molar-refractivity contribution in [3.05, 3.63) is 33.8 Å². The highest BCUT2D eigenvalue weighted by Crippen LogP contribution is 2.25. The topological polar surface area (TPSA) is 29.1 Å². The van der Waals surface area contributed by atoms with E-state index >= 15 is 0 Å². The van der Waals surface area contributed by atoms with Crippen molar-refractivity contribution >= 4 is 29.1 Å². The number of rotatable bonds is 5. The highest BCUT2D eigenvalue weighted by atomic mass is 35.5. The lowest BCUT2D eigenvalue weighted by atomic mass is 10.1. The molecule has 0 radical (unpaired) electrons. The molecule has 1 N–H and O–H groups in total. The van der Waals surface area contributed by atoms with Crippen LogP contribution >= 0.6 is 23.2 Å². The van der Waals surface area contributed by atoms with Crippen LogP contribution in [0.5, 0.6) is 0 Å². The number of carbonyl (C=O) groups is 1. The molecule has 1 aromatic rings. The molecule has 1 aromatic carbocycles. The van der Waals surface area contributed by atoms with Crippen LogP contribution in [0.3, 0.4) is 0 Å². The van der Waals surface area contributed by atoms with Crippen LogP contribution in [0.1, 0.15) is 44.7 Å². The SMILES string of the molecule is CCCCC(=O)NC(C)c1ccc(Cl)c(Cl)c1. The third-order valence-corrected chi connectivity index (χ3v) is 3.32. The van der Waals surface area contributed by atoms with Crippen molar-refractivity contribution in [2.24, 2.45) is 0 Å². The first-order chi connectivity index (χ1) is 8.04. The Hall–Kier alpha value is -0.730. The second-order valence-corrected chi connectivity index (χ2v) is 4.88. The molecule has 0 fully saturated rings. The fraction of sp³-hybridized carbons (Fsp3) is 0.462. The molecule has 0 bridgehead atoms. The van der Waals surface area contributed by atoms with Gasteiger partial charge in [0.25, 0.3) is 0 Å². The monoisotopic (exact) mass is 273 g/mol. The van der Waals surface area contributed by atoms with Crippen LogP contribution in [0.15, 0.2) is 18.2 Å². The minimum absolute atomic E-state index is 0.0471. The Bertz CT molecular complexity index is 393. The molecule has 0 aromatic heterocycles. The summed E-state index contributed by atoms with van der Waals surface area (Å²) in [5.74, 6) is 0.0745. The predicted octanol–water partition coefficient (Wildman–Crippen LogP) is 4.36. The summed E-state index contributed by atoms with van der Waals surface area (Å²) in [6, 6.07) is 5.36. The molecule has 1 atom stereocenters. The van der Waals surface area contributed by atoms with E-state index in [1.807, 2.05) is 13.0 Å². The van der Waals surface area contributed by atoms with Gasteiger partial charge in [-0.15, -0.1) is 0 Å². The molecule has 0 spiro atoms. The van der Waals surface area contributed by atoms with Crippen molar-refractivity contribution in [3.63, 3.8) is 0 Å². The molecule has 0 saturated carbocycles. The normalized spacial score (nSPS) is 12.2. The number of amides is 1. The van der Waals surface area contributed by atoms with E-state index < -0.39 is 0 Å². The zero-order valence-electron chi connectivity index (χ0n) is 10.1. The Labute approximate surface area is 112 Å². The molecule has 0 aliphatic heterocycles. The Morgan fingerprint density at radius 2 is 2.06 bits per heavy atom. The van der Waals surface area contributed by atoms with Gasteiger partial charge in [-0.05, 0) is 31.0 Å². The average Bonchev–Trinajstić information content (AvgIpc) is 2.30. The van der Waals surface area contributed by atoms with Gasteiger partial charge in [0, 0.05) is 6.42 Å². The van der Waals surface area contributed by atoms with Crippen LogP contribution in [0.2, 0.25) is 10.0 Å². The standard InChI is InChI=1S/C13H17Cl2NO/c1-3-4-5-13(17)16-9(2)10-6-7-11(14)12(15)8-10/h6-9H,3-5H2,1-2H3,(H,16,17). The van der Waals surface area contributed by atoms with Gasteiger partial charge in [0.15, 0.2) is 0 Å². The number of benzene rings is 1. The maximum Gasteiger partial charge on any atom is 0.220 e. The zero-order valence-corrected chi connectivity index (χ0v) is 11.6. The summed E-state index contributed by atoms with van der Waals surface area (Å²) in [4.78, 5) is 11.6. The lowest BCUT2D eigenvalue weighted by molar-refractivity contribution is -0.121. The van der Waals surface area contributed by atoms with E-state index in [0.29, 0.717) is 16.5 Å². The molecular formula is C13H17Cl2NO. The van der Waals surface area contributed by atoms with Gasteiger partial charge in [0.1, 0.15) is 0 Å². The van der Waals surface area contributed by atoms with Crippen molar-refractivity contribution in [3.8, 4) is 0 Å². The first-order valence-corrected chi connectivity index (χ1v) is 6.54. The third-order valence-electron chi connectivity index (χ3n) is 2.58. The van der Waals surface area contributed by atoms with Crippen LogP contribution in [-0.4, -0.2) is 5.91 Å². The smallest absolute Gasteiger partial charge is 0.220 e. The summed E-state index contributed by atoms with van der Waals surface area (Å²) in [5, 5.41) is 3.98. The molecule has 1 rings (SSSR count). The highest BCUT2D eigenvalue weighted by Gasteiger charge is 2.10. The summed E-state index contributed by atoms with van der Waals surface area (Å²) in [6.45, 7) is 4.00. The summed E-state index contributed by atoms with van der Waals surface area (Å²) in [5.41, 5.74) is 0.962. The fourth-order valence-electron chi connectivity index (χ4n) is 1.52. The van der Waals surface area contributed by atoms with Crippen molar-refractivity contribution < 1.29 is 4.79 Å². The van der Waals surface area contributed by atoms with Crippen LogP contribution in [0.4, 0.5) is 0 Å². The second-order valence-electron chi connectivity index (χ2n) is 4.07. The molecule has 2 nitrogen and oxygen atoms in total. The van der Waals surface area contributed by atoms with E-state index in [9.17, 15) is 4.79 Å². The van der Waals surface area contributed by atoms with Gasteiger partial charge in [-0.2, -0.15) is 0 Å². The average molecular weight is 274 g/mol. The Balaban J connectivity index is 2.60. The Kier molecular flexibility index (Phi) is 5.79. The van der Waals surface area contributed by atoms with Gasteiger partial charge in [-0.3, -0.25) is 4.79 Å². The molecule has 1 amide bonds. The summed E-state index contributed by atoms with van der Waals surface area (Å²) in [7, 11) is 0. The van der Waals surface area contributed by atoms with Gasteiger partial charge in [0.2, 0.25) is 5.91 Å². The van der Waals surface area contributed by atoms with E-state index in [0.717, 1.165) is 18.4 Å². The molecule has 94 valence electrons. The molecule has 0 aliphatic rings. The number of carbonyl (C=O) groups excluding carboxylic acids is 1. The van der Waals surface area contributed by atoms with Crippen LogP contribution < -0.4 is 5.32 Å². The zero-order chi connectivity index (χ0) is 12.8. The van der Waals surface area contributed by atoms with Crippen molar-refractivity contribution in [1.29, 1.82) is 0 Å². The first kappa shape index (κ1) is 14.3. The van der Waals surface area contributed by atoms with E-state index in [-0.39, 0.29) is 11.9 Å². The van der Waals surface area contributed by atoms with Gasteiger partial charge < -0.3 is 5.32 Å². The minimum atomic E-state index is -0.0471. The van der Waals surface area contributed by atoms with Gasteiger partial charge in [-0.1, -0.05) is 42.6 Å². The van der Waals surface area contributed by atoms with Gasteiger partial charge >= 0.3 is 0 Å². The number of hydrogen-bond donors (Lipinski definition) is 1. The van der Waals surface area contributed by atoms with E-state index in [2.05, 4.69) is 12.2 Å². The maximum atomic E-state index is 11.6. The van der Waals surface area contributed by atoms with Crippen LogP contribution in [0.25, 0.3) is 0 Å². The molecule has 17 heavy (non-hydrogen) atoms. The fourth-order valence-corrected chi connectivity index (χ4v) is 1.82.